The predicted molar refractivity (Wildman–Crippen MR) is 95.7 cm³/mol. The number of benzene rings is 2. The molecule has 0 unspecified atom stereocenters. The standard InChI is InChI=1S/C17H13ClN2O4S/c1-23-16(22)14(10-4-2-3-5-11(10)18)24-15(21)9-6-7-12-13(8-9)25-17(19)20-12/h2-8,14H,1H3,(H2,19,20)/t14-/m1/s1. The molecule has 0 aliphatic heterocycles. The van der Waals surface area contributed by atoms with E-state index in [1.54, 1.807) is 42.5 Å². The Morgan fingerprint density at radius 3 is 2.72 bits per heavy atom. The van der Waals surface area contributed by atoms with Gasteiger partial charge < -0.3 is 15.2 Å². The summed E-state index contributed by atoms with van der Waals surface area (Å²) in [6, 6.07) is 11.5. The van der Waals surface area contributed by atoms with Gasteiger partial charge in [-0.3, -0.25) is 0 Å². The average molecular weight is 377 g/mol. The predicted octanol–water partition coefficient (Wildman–Crippen LogP) is 3.60. The Hall–Kier alpha value is -2.64. The Morgan fingerprint density at radius 1 is 1.24 bits per heavy atom. The Kier molecular flexibility index (Phi) is 4.87. The fraction of sp³-hybridized carbons (Fsp3) is 0.118. The number of fused-ring (bicyclic) bond motifs is 1. The lowest BCUT2D eigenvalue weighted by Crippen LogP contribution is -2.21. The van der Waals surface area contributed by atoms with Crippen molar-refractivity contribution in [3.05, 3.63) is 58.6 Å². The van der Waals surface area contributed by atoms with Crippen molar-refractivity contribution in [2.24, 2.45) is 0 Å². The zero-order chi connectivity index (χ0) is 18.0. The molecule has 25 heavy (non-hydrogen) atoms. The molecule has 2 aromatic carbocycles. The van der Waals surface area contributed by atoms with Gasteiger partial charge in [-0.25, -0.2) is 14.6 Å². The Bertz CT molecular complexity index is 957. The normalized spacial score (nSPS) is 11.9. The van der Waals surface area contributed by atoms with Crippen molar-refractivity contribution >= 4 is 50.2 Å². The van der Waals surface area contributed by atoms with E-state index in [0.29, 0.717) is 21.2 Å². The van der Waals surface area contributed by atoms with Crippen molar-refractivity contribution in [3.8, 4) is 0 Å². The molecule has 6 nitrogen and oxygen atoms in total. The number of aromatic nitrogens is 1. The molecule has 0 spiro atoms. The molecule has 0 aliphatic rings. The number of nitrogens with zero attached hydrogens (tertiary/aromatic N) is 1. The van der Waals surface area contributed by atoms with Crippen LogP contribution < -0.4 is 5.73 Å². The van der Waals surface area contributed by atoms with Crippen LogP contribution >= 0.6 is 22.9 Å². The molecule has 0 aliphatic carbocycles. The van der Waals surface area contributed by atoms with Crippen LogP contribution in [0, 0.1) is 0 Å². The molecule has 3 rings (SSSR count). The van der Waals surface area contributed by atoms with Crippen LogP contribution in [0.3, 0.4) is 0 Å². The maximum atomic E-state index is 12.5. The highest BCUT2D eigenvalue weighted by Crippen LogP contribution is 2.29. The van der Waals surface area contributed by atoms with Crippen LogP contribution in [-0.2, 0) is 14.3 Å². The van der Waals surface area contributed by atoms with Crippen LogP contribution in [0.2, 0.25) is 5.02 Å². The van der Waals surface area contributed by atoms with Crippen molar-refractivity contribution in [1.29, 1.82) is 0 Å². The van der Waals surface area contributed by atoms with E-state index in [1.165, 1.54) is 18.4 Å². The molecule has 1 atom stereocenters. The van der Waals surface area contributed by atoms with E-state index in [2.05, 4.69) is 4.98 Å². The molecular formula is C17H13ClN2O4S. The molecule has 8 heteroatoms. The van der Waals surface area contributed by atoms with Gasteiger partial charge in [0.05, 0.1) is 22.9 Å². The maximum Gasteiger partial charge on any atom is 0.352 e. The summed E-state index contributed by atoms with van der Waals surface area (Å²) < 4.78 is 10.8. The minimum Gasteiger partial charge on any atom is -0.466 e. The fourth-order valence-corrected chi connectivity index (χ4v) is 3.29. The van der Waals surface area contributed by atoms with E-state index in [-0.39, 0.29) is 5.56 Å². The lowest BCUT2D eigenvalue weighted by molar-refractivity contribution is -0.151. The van der Waals surface area contributed by atoms with Crippen LogP contribution in [-0.4, -0.2) is 24.0 Å². The number of nitrogens with two attached hydrogens (primary N) is 1. The number of hydrogen-bond donors (Lipinski definition) is 1. The highest BCUT2D eigenvalue weighted by atomic mass is 35.5. The number of methoxy groups -OCH3 is 1. The van der Waals surface area contributed by atoms with E-state index in [0.717, 1.165) is 4.70 Å². The summed E-state index contributed by atoms with van der Waals surface area (Å²) in [7, 11) is 1.21. The van der Waals surface area contributed by atoms with Gasteiger partial charge >= 0.3 is 11.9 Å². The molecular weight excluding hydrogens is 364 g/mol. The van der Waals surface area contributed by atoms with Crippen molar-refractivity contribution in [2.45, 2.75) is 6.10 Å². The molecule has 2 N–H and O–H groups in total. The monoisotopic (exact) mass is 376 g/mol. The number of thiazole rings is 1. The Labute approximate surface area is 152 Å². The molecule has 0 saturated carbocycles. The number of nitrogen functional groups attached to an aromatic ring is 1. The third-order valence-electron chi connectivity index (χ3n) is 3.47. The molecule has 0 bridgehead atoms. The third-order valence-corrected chi connectivity index (χ3v) is 4.66. The van der Waals surface area contributed by atoms with E-state index in [4.69, 9.17) is 26.8 Å². The highest BCUT2D eigenvalue weighted by Gasteiger charge is 2.28. The number of carbonyl (C=O) groups excluding carboxylic acids is 2. The first-order valence-corrected chi connectivity index (χ1v) is 8.38. The van der Waals surface area contributed by atoms with Gasteiger partial charge in [-0.15, -0.1) is 0 Å². The quantitative estimate of drug-likeness (QED) is 0.699. The highest BCUT2D eigenvalue weighted by molar-refractivity contribution is 7.22. The van der Waals surface area contributed by atoms with Crippen LogP contribution in [0.15, 0.2) is 42.5 Å². The zero-order valence-electron chi connectivity index (χ0n) is 13.1. The molecule has 128 valence electrons. The average Bonchev–Trinajstić information content (AvgIpc) is 2.98. The Balaban J connectivity index is 1.91. The van der Waals surface area contributed by atoms with Crippen LogP contribution in [0.1, 0.15) is 22.0 Å². The van der Waals surface area contributed by atoms with E-state index in [1.807, 2.05) is 0 Å². The summed E-state index contributed by atoms with van der Waals surface area (Å²) in [6.45, 7) is 0. The molecule has 1 heterocycles. The lowest BCUT2D eigenvalue weighted by atomic mass is 10.1. The minimum absolute atomic E-state index is 0.275. The number of halogens is 1. The van der Waals surface area contributed by atoms with Gasteiger partial charge in [0.1, 0.15) is 0 Å². The maximum absolute atomic E-state index is 12.5. The number of anilines is 1. The third kappa shape index (κ3) is 3.57. The summed E-state index contributed by atoms with van der Waals surface area (Å²) in [4.78, 5) is 28.7. The number of esters is 2. The largest absolute Gasteiger partial charge is 0.466 e. The summed E-state index contributed by atoms with van der Waals surface area (Å²) >= 11 is 7.37. The minimum atomic E-state index is -1.26. The van der Waals surface area contributed by atoms with Gasteiger partial charge in [-0.1, -0.05) is 41.1 Å². The summed E-state index contributed by atoms with van der Waals surface area (Å²) in [6.07, 6.45) is -1.26. The number of hydrogen-bond acceptors (Lipinski definition) is 7. The van der Waals surface area contributed by atoms with Gasteiger partial charge in [0.2, 0.25) is 6.10 Å². The smallest absolute Gasteiger partial charge is 0.352 e. The molecule has 0 fully saturated rings. The van der Waals surface area contributed by atoms with Gasteiger partial charge in [-0.05, 0) is 24.3 Å². The lowest BCUT2D eigenvalue weighted by Gasteiger charge is -2.17. The molecule has 0 amide bonds. The second-order valence-corrected chi connectivity index (χ2v) is 6.53. The molecule has 3 aromatic rings. The zero-order valence-corrected chi connectivity index (χ0v) is 14.6. The van der Waals surface area contributed by atoms with Crippen molar-refractivity contribution < 1.29 is 19.1 Å². The molecule has 0 saturated heterocycles. The van der Waals surface area contributed by atoms with Crippen LogP contribution in [0.4, 0.5) is 5.13 Å². The van der Waals surface area contributed by atoms with E-state index in [9.17, 15) is 9.59 Å². The number of rotatable bonds is 4. The van der Waals surface area contributed by atoms with Crippen molar-refractivity contribution in [1.82, 2.24) is 4.98 Å². The first-order chi connectivity index (χ1) is 12.0. The Morgan fingerprint density at radius 2 is 2.00 bits per heavy atom. The van der Waals surface area contributed by atoms with Gasteiger partial charge in [0.15, 0.2) is 5.13 Å². The molecule has 1 aromatic heterocycles. The molecule has 0 radical (unpaired) electrons. The summed E-state index contributed by atoms with van der Waals surface area (Å²) in [5.74, 6) is -1.39. The first-order valence-electron chi connectivity index (χ1n) is 7.19. The second kappa shape index (κ2) is 7.08. The van der Waals surface area contributed by atoms with Gasteiger partial charge in [-0.2, -0.15) is 0 Å². The van der Waals surface area contributed by atoms with Crippen molar-refractivity contribution in [3.63, 3.8) is 0 Å². The first kappa shape index (κ1) is 17.2. The number of ether oxygens (including phenoxy) is 2. The fourth-order valence-electron chi connectivity index (χ4n) is 2.28. The number of carbonyl (C=O) groups is 2. The van der Waals surface area contributed by atoms with Gasteiger partial charge in [0, 0.05) is 10.6 Å². The summed E-state index contributed by atoms with van der Waals surface area (Å²) in [5, 5.41) is 0.709. The van der Waals surface area contributed by atoms with Crippen LogP contribution in [0.25, 0.3) is 10.2 Å². The van der Waals surface area contributed by atoms with Crippen LogP contribution in [0.5, 0.6) is 0 Å². The topological polar surface area (TPSA) is 91.5 Å². The van der Waals surface area contributed by atoms with Gasteiger partial charge in [0.25, 0.3) is 0 Å². The SMILES string of the molecule is COC(=O)[C@H](OC(=O)c1ccc2nc(N)sc2c1)c1ccccc1Cl. The van der Waals surface area contributed by atoms with Crippen molar-refractivity contribution in [2.75, 3.05) is 12.8 Å². The van der Waals surface area contributed by atoms with E-state index < -0.39 is 18.0 Å². The van der Waals surface area contributed by atoms with E-state index >= 15 is 0 Å². The summed E-state index contributed by atoms with van der Waals surface area (Å²) in [5.41, 5.74) is 6.98. The second-order valence-electron chi connectivity index (χ2n) is 5.06.